The molecule has 2 aliphatic rings. The average Bonchev–Trinajstić information content (AvgIpc) is 3.49. The van der Waals surface area contributed by atoms with Gasteiger partial charge in [-0.25, -0.2) is 4.79 Å². The largest absolute Gasteiger partial charge is 0.455 e. The van der Waals surface area contributed by atoms with E-state index < -0.39 is 44.3 Å². The number of hydrogen-bond donors (Lipinski definition) is 0. The molecule has 216 valence electrons. The zero-order chi connectivity index (χ0) is 29.1. The number of esters is 1. The van der Waals surface area contributed by atoms with Gasteiger partial charge in [0, 0.05) is 17.4 Å². The van der Waals surface area contributed by atoms with Crippen LogP contribution in [0.5, 0.6) is 11.5 Å². The highest BCUT2D eigenvalue weighted by molar-refractivity contribution is 6.74. The number of rotatable bonds is 10. The zero-order valence-electron chi connectivity index (χ0n) is 24.2. The van der Waals surface area contributed by atoms with Gasteiger partial charge in [0.15, 0.2) is 25.6 Å². The fraction of sp³-hybridized carbons (Fsp3) is 0.552. The standard InChI is InChI=1S/C29H39N3O7Si/c1-28(2,3)40(6,7)36-17-24-26(39-29(4,5)38-24)25(37-27(33)19-11-9-8-10-12-19)21(16-31-32-30)20-13-14-22-23(15-20)35-18-34-22/h8-15,21,24-26H,16-18H2,1-7H3/t21-,24-,25+,26+/m0/s1. The number of benzene rings is 2. The molecule has 4 atom stereocenters. The van der Waals surface area contributed by atoms with Crippen LogP contribution < -0.4 is 9.47 Å². The van der Waals surface area contributed by atoms with Crippen LogP contribution >= 0.6 is 0 Å². The number of carbonyl (C=O) groups excluding carboxylic acids is 1. The van der Waals surface area contributed by atoms with E-state index in [1.807, 2.05) is 32.0 Å². The van der Waals surface area contributed by atoms with Crippen molar-refractivity contribution >= 4 is 14.3 Å². The van der Waals surface area contributed by atoms with Crippen molar-refractivity contribution in [2.75, 3.05) is 19.9 Å². The number of fused-ring (bicyclic) bond motifs is 1. The summed E-state index contributed by atoms with van der Waals surface area (Å²) >= 11 is 0. The number of azide groups is 1. The molecule has 2 aromatic carbocycles. The van der Waals surface area contributed by atoms with Crippen LogP contribution in [-0.2, 0) is 18.6 Å². The molecule has 0 aliphatic carbocycles. The molecular weight excluding hydrogens is 530 g/mol. The topological polar surface area (TPSA) is 121 Å². The molecule has 2 heterocycles. The van der Waals surface area contributed by atoms with Crippen LogP contribution in [0.15, 0.2) is 53.6 Å². The van der Waals surface area contributed by atoms with E-state index in [0.717, 1.165) is 5.56 Å². The monoisotopic (exact) mass is 569 g/mol. The van der Waals surface area contributed by atoms with Crippen molar-refractivity contribution in [3.05, 3.63) is 70.1 Å². The second-order valence-electron chi connectivity index (χ2n) is 12.1. The second-order valence-corrected chi connectivity index (χ2v) is 16.9. The van der Waals surface area contributed by atoms with E-state index in [2.05, 4.69) is 43.9 Å². The van der Waals surface area contributed by atoms with Gasteiger partial charge in [0.2, 0.25) is 6.79 Å². The lowest BCUT2D eigenvalue weighted by Gasteiger charge is -2.38. The van der Waals surface area contributed by atoms with E-state index in [0.29, 0.717) is 17.1 Å². The van der Waals surface area contributed by atoms with Gasteiger partial charge in [0.25, 0.3) is 0 Å². The predicted octanol–water partition coefficient (Wildman–Crippen LogP) is 6.58. The lowest BCUT2D eigenvalue weighted by molar-refractivity contribution is -0.158. The molecule has 2 aromatic rings. The summed E-state index contributed by atoms with van der Waals surface area (Å²) < 4.78 is 36.6. The second kappa shape index (κ2) is 11.8. The Morgan fingerprint density at radius 2 is 1.82 bits per heavy atom. The molecular formula is C29H39N3O7Si. The fourth-order valence-corrected chi connectivity index (χ4v) is 5.60. The van der Waals surface area contributed by atoms with Gasteiger partial charge in [0.05, 0.1) is 12.2 Å². The first-order valence-electron chi connectivity index (χ1n) is 13.5. The Bertz CT molecular complexity index is 1240. The lowest BCUT2D eigenvalue weighted by atomic mass is 9.88. The summed E-state index contributed by atoms with van der Waals surface area (Å²) in [5.74, 6) is -0.864. The SMILES string of the molecule is CC1(C)O[C@@H]([C@H](OC(=O)c2ccccc2)[C@@H](CN=[N+]=[N-])c2ccc3c(c2)OCO3)[C@H](CO[Si](C)(C)C(C)(C)C)O1. The van der Waals surface area contributed by atoms with Crippen LogP contribution in [0.3, 0.4) is 0 Å². The van der Waals surface area contributed by atoms with E-state index >= 15 is 0 Å². The maximum absolute atomic E-state index is 13.4. The van der Waals surface area contributed by atoms with Crippen molar-refractivity contribution in [3.8, 4) is 11.5 Å². The van der Waals surface area contributed by atoms with E-state index in [-0.39, 0.29) is 25.0 Å². The molecule has 0 aromatic heterocycles. The summed E-state index contributed by atoms with van der Waals surface area (Å²) in [4.78, 5) is 16.4. The summed E-state index contributed by atoms with van der Waals surface area (Å²) in [6, 6.07) is 14.2. The Balaban J connectivity index is 1.73. The summed E-state index contributed by atoms with van der Waals surface area (Å²) in [6.45, 7) is 14.9. The van der Waals surface area contributed by atoms with Crippen molar-refractivity contribution in [2.24, 2.45) is 5.11 Å². The molecule has 0 radical (unpaired) electrons. The molecule has 40 heavy (non-hydrogen) atoms. The Hall–Kier alpha value is -3.08. The molecule has 10 nitrogen and oxygen atoms in total. The third kappa shape index (κ3) is 6.79. The van der Waals surface area contributed by atoms with Crippen molar-refractivity contribution in [1.82, 2.24) is 0 Å². The number of nitrogens with zero attached hydrogens (tertiary/aromatic N) is 3. The third-order valence-electron chi connectivity index (χ3n) is 7.78. The Labute approximate surface area is 236 Å². The quantitative estimate of drug-likeness (QED) is 0.104. The van der Waals surface area contributed by atoms with Gasteiger partial charge in [-0.3, -0.25) is 0 Å². The van der Waals surface area contributed by atoms with Gasteiger partial charge in [-0.1, -0.05) is 50.2 Å². The van der Waals surface area contributed by atoms with Gasteiger partial charge in [-0.05, 0) is 67.3 Å². The first kappa shape index (κ1) is 29.9. The Morgan fingerprint density at radius 1 is 1.12 bits per heavy atom. The highest BCUT2D eigenvalue weighted by Crippen LogP contribution is 2.42. The summed E-state index contributed by atoms with van der Waals surface area (Å²) in [5.41, 5.74) is 10.4. The molecule has 1 saturated heterocycles. The molecule has 1 fully saturated rings. The van der Waals surface area contributed by atoms with E-state index in [9.17, 15) is 10.3 Å². The molecule has 4 rings (SSSR count). The Morgan fingerprint density at radius 3 is 2.50 bits per heavy atom. The minimum atomic E-state index is -2.13. The van der Waals surface area contributed by atoms with Crippen molar-refractivity contribution in [1.29, 1.82) is 0 Å². The molecule has 0 N–H and O–H groups in total. The first-order valence-corrected chi connectivity index (χ1v) is 16.4. The lowest BCUT2D eigenvalue weighted by Crippen LogP contribution is -2.48. The summed E-state index contributed by atoms with van der Waals surface area (Å²) in [6.07, 6.45) is -2.13. The van der Waals surface area contributed by atoms with Gasteiger partial charge >= 0.3 is 5.97 Å². The molecule has 0 spiro atoms. The highest BCUT2D eigenvalue weighted by atomic mass is 28.4. The van der Waals surface area contributed by atoms with Crippen LogP contribution in [0, 0.1) is 0 Å². The van der Waals surface area contributed by atoms with Crippen molar-refractivity contribution in [3.63, 3.8) is 0 Å². The maximum atomic E-state index is 13.4. The van der Waals surface area contributed by atoms with E-state index in [4.69, 9.17) is 28.1 Å². The maximum Gasteiger partial charge on any atom is 0.338 e. The number of hydrogen-bond acceptors (Lipinski definition) is 8. The third-order valence-corrected chi connectivity index (χ3v) is 12.3. The van der Waals surface area contributed by atoms with Crippen LogP contribution in [0.4, 0.5) is 0 Å². The smallest absolute Gasteiger partial charge is 0.338 e. The van der Waals surface area contributed by atoms with Crippen molar-refractivity contribution < 1.29 is 32.9 Å². The van der Waals surface area contributed by atoms with Crippen LogP contribution in [0.25, 0.3) is 10.4 Å². The van der Waals surface area contributed by atoms with Gasteiger partial charge in [-0.2, -0.15) is 0 Å². The minimum Gasteiger partial charge on any atom is -0.455 e. The molecule has 0 bridgehead atoms. The molecule has 11 heteroatoms. The normalized spacial score (nSPS) is 21.4. The van der Waals surface area contributed by atoms with Crippen LogP contribution in [0.1, 0.15) is 56.5 Å². The molecule has 0 saturated carbocycles. The van der Waals surface area contributed by atoms with Gasteiger partial charge < -0.3 is 28.1 Å². The molecule has 2 aliphatic heterocycles. The summed E-state index contributed by atoms with van der Waals surface area (Å²) in [7, 11) is -2.13. The number of ether oxygens (including phenoxy) is 5. The minimum absolute atomic E-state index is 0.00676. The van der Waals surface area contributed by atoms with Crippen LogP contribution in [0.2, 0.25) is 18.1 Å². The highest BCUT2D eigenvalue weighted by Gasteiger charge is 2.50. The average molecular weight is 570 g/mol. The van der Waals surface area contributed by atoms with Gasteiger partial charge in [0.1, 0.15) is 18.3 Å². The molecule has 0 unspecified atom stereocenters. The van der Waals surface area contributed by atoms with Crippen LogP contribution in [-0.4, -0.2) is 58.3 Å². The fourth-order valence-electron chi connectivity index (χ4n) is 4.59. The molecule has 0 amide bonds. The first-order chi connectivity index (χ1) is 18.8. The number of carbonyl (C=O) groups is 1. The Kier molecular flexibility index (Phi) is 8.82. The predicted molar refractivity (Wildman–Crippen MR) is 152 cm³/mol. The summed E-state index contributed by atoms with van der Waals surface area (Å²) in [5, 5.41) is 3.88. The van der Waals surface area contributed by atoms with E-state index in [1.165, 1.54) is 0 Å². The van der Waals surface area contributed by atoms with Crippen molar-refractivity contribution in [2.45, 2.75) is 82.8 Å². The van der Waals surface area contributed by atoms with Gasteiger partial charge in [-0.15, -0.1) is 0 Å². The zero-order valence-corrected chi connectivity index (χ0v) is 25.2. The van der Waals surface area contributed by atoms with E-state index in [1.54, 1.807) is 30.3 Å².